The summed E-state index contributed by atoms with van der Waals surface area (Å²) in [6, 6.07) is 3.44. The van der Waals surface area contributed by atoms with Crippen LogP contribution in [0.2, 0.25) is 0 Å². The molecule has 0 fully saturated rings. The fourth-order valence-corrected chi connectivity index (χ4v) is 1.71. The Balaban J connectivity index is 2.57. The summed E-state index contributed by atoms with van der Waals surface area (Å²) >= 11 is 0. The Morgan fingerprint density at radius 2 is 1.95 bits per heavy atom. The van der Waals surface area contributed by atoms with Gasteiger partial charge in [-0.05, 0) is 6.42 Å². The van der Waals surface area contributed by atoms with Gasteiger partial charge in [-0.15, -0.1) is 0 Å². The van der Waals surface area contributed by atoms with Gasteiger partial charge in [-0.3, -0.25) is 0 Å². The van der Waals surface area contributed by atoms with E-state index < -0.39 is 5.63 Å². The van der Waals surface area contributed by atoms with Crippen molar-refractivity contribution in [2.75, 3.05) is 26.1 Å². The van der Waals surface area contributed by atoms with E-state index >= 15 is 0 Å². The highest BCUT2D eigenvalue weighted by Gasteiger charge is 2.12. The Hall–Kier alpha value is -2.24. The average Bonchev–Trinajstić information content (AvgIpc) is 2.43. The van der Waals surface area contributed by atoms with Crippen molar-refractivity contribution in [3.63, 3.8) is 0 Å². The number of rotatable bonds is 5. The van der Waals surface area contributed by atoms with Gasteiger partial charge in [0.2, 0.25) is 0 Å². The molecule has 6 heteroatoms. The maximum atomic E-state index is 11.9. The van der Waals surface area contributed by atoms with Crippen LogP contribution < -0.4 is 20.4 Å². The van der Waals surface area contributed by atoms with Crippen LogP contribution in [-0.2, 0) is 0 Å². The van der Waals surface area contributed by atoms with E-state index in [4.69, 9.17) is 13.9 Å². The zero-order valence-electron chi connectivity index (χ0n) is 11.1. The van der Waals surface area contributed by atoms with E-state index in [0.29, 0.717) is 28.9 Å². The summed E-state index contributed by atoms with van der Waals surface area (Å²) < 4.78 is 15.4. The summed E-state index contributed by atoms with van der Waals surface area (Å²) in [6.07, 6.45) is 0.912. The molecular weight excluding hydrogens is 248 g/mol. The topological polar surface area (TPSA) is 73.6 Å². The maximum Gasteiger partial charge on any atom is 0.348 e. The van der Waals surface area contributed by atoms with Crippen LogP contribution in [0.1, 0.15) is 13.3 Å². The van der Waals surface area contributed by atoms with Gasteiger partial charge in [0.1, 0.15) is 0 Å². The number of nitrogens with zero attached hydrogens (tertiary/aromatic N) is 1. The van der Waals surface area contributed by atoms with Crippen molar-refractivity contribution in [3.05, 3.63) is 22.6 Å². The first-order valence-corrected chi connectivity index (χ1v) is 6.00. The van der Waals surface area contributed by atoms with Crippen molar-refractivity contribution >= 4 is 16.9 Å². The zero-order valence-corrected chi connectivity index (χ0v) is 11.1. The van der Waals surface area contributed by atoms with Crippen molar-refractivity contribution in [2.24, 2.45) is 0 Å². The van der Waals surface area contributed by atoms with Gasteiger partial charge in [-0.1, -0.05) is 6.92 Å². The third kappa shape index (κ3) is 2.62. The quantitative estimate of drug-likeness (QED) is 0.890. The summed E-state index contributed by atoms with van der Waals surface area (Å²) in [5, 5.41) is 3.30. The Bertz CT molecular complexity index is 636. The molecule has 0 unspecified atom stereocenters. The summed E-state index contributed by atoms with van der Waals surface area (Å²) in [5.74, 6) is 0.993. The van der Waals surface area contributed by atoms with Gasteiger partial charge < -0.3 is 19.2 Å². The second-order valence-electron chi connectivity index (χ2n) is 3.96. The molecule has 0 aliphatic carbocycles. The van der Waals surface area contributed by atoms with E-state index in [1.165, 1.54) is 14.2 Å². The van der Waals surface area contributed by atoms with E-state index in [1.54, 1.807) is 12.1 Å². The molecule has 0 spiro atoms. The van der Waals surface area contributed by atoms with Gasteiger partial charge in [-0.2, -0.15) is 4.98 Å². The number of benzene rings is 1. The van der Waals surface area contributed by atoms with Gasteiger partial charge in [0, 0.05) is 18.7 Å². The lowest BCUT2D eigenvalue weighted by Gasteiger charge is -2.09. The molecule has 0 aliphatic heterocycles. The maximum absolute atomic E-state index is 11.9. The van der Waals surface area contributed by atoms with Crippen molar-refractivity contribution in [2.45, 2.75) is 13.3 Å². The summed E-state index contributed by atoms with van der Waals surface area (Å²) in [7, 11) is 3.04. The Morgan fingerprint density at radius 3 is 2.58 bits per heavy atom. The number of hydrogen-bond acceptors (Lipinski definition) is 6. The molecule has 0 aliphatic rings. The predicted octanol–water partition coefficient (Wildman–Crippen LogP) is 2.03. The van der Waals surface area contributed by atoms with Gasteiger partial charge in [0.15, 0.2) is 11.5 Å². The predicted molar refractivity (Wildman–Crippen MR) is 72.2 cm³/mol. The lowest BCUT2D eigenvalue weighted by molar-refractivity contribution is 0.355. The number of nitrogens with one attached hydrogen (secondary N) is 1. The van der Waals surface area contributed by atoms with Crippen molar-refractivity contribution in [1.29, 1.82) is 0 Å². The summed E-state index contributed by atoms with van der Waals surface area (Å²) in [6.45, 7) is 2.70. The highest BCUT2D eigenvalue weighted by atomic mass is 16.5. The zero-order chi connectivity index (χ0) is 13.8. The van der Waals surface area contributed by atoms with Crippen molar-refractivity contribution in [1.82, 2.24) is 4.98 Å². The molecule has 0 amide bonds. The molecule has 0 bridgehead atoms. The summed E-state index contributed by atoms with van der Waals surface area (Å²) in [5.41, 5.74) is 0.0528. The molecule has 102 valence electrons. The molecule has 19 heavy (non-hydrogen) atoms. The minimum absolute atomic E-state index is 0.214. The van der Waals surface area contributed by atoms with Crippen LogP contribution in [-0.4, -0.2) is 25.7 Å². The van der Waals surface area contributed by atoms with Gasteiger partial charge >= 0.3 is 5.63 Å². The van der Waals surface area contributed by atoms with Crippen LogP contribution in [0.15, 0.2) is 21.3 Å². The second-order valence-corrected chi connectivity index (χ2v) is 3.96. The largest absolute Gasteiger partial charge is 0.493 e. The molecule has 6 nitrogen and oxygen atoms in total. The minimum atomic E-state index is -0.454. The van der Waals surface area contributed by atoms with Crippen LogP contribution in [0.5, 0.6) is 11.5 Å². The molecule has 1 aromatic heterocycles. The van der Waals surface area contributed by atoms with Crippen LogP contribution in [0.25, 0.3) is 10.9 Å². The molecule has 0 saturated heterocycles. The highest BCUT2D eigenvalue weighted by Crippen LogP contribution is 2.30. The van der Waals surface area contributed by atoms with Gasteiger partial charge in [0.05, 0.1) is 25.1 Å². The fraction of sp³-hybridized carbons (Fsp3) is 0.385. The average molecular weight is 264 g/mol. The van der Waals surface area contributed by atoms with E-state index in [0.717, 1.165) is 6.42 Å². The first-order valence-electron chi connectivity index (χ1n) is 6.00. The molecule has 1 aromatic carbocycles. The third-order valence-electron chi connectivity index (χ3n) is 2.66. The molecular formula is C13H16N2O4. The van der Waals surface area contributed by atoms with Crippen molar-refractivity contribution in [3.8, 4) is 11.5 Å². The molecule has 2 aromatic rings. The lowest BCUT2D eigenvalue weighted by Crippen LogP contribution is -2.08. The number of hydrogen-bond donors (Lipinski definition) is 1. The Labute approximate surface area is 110 Å². The lowest BCUT2D eigenvalue weighted by atomic mass is 10.2. The van der Waals surface area contributed by atoms with Crippen LogP contribution in [0, 0.1) is 0 Å². The van der Waals surface area contributed by atoms with Crippen LogP contribution in [0.4, 0.5) is 6.01 Å². The van der Waals surface area contributed by atoms with Crippen LogP contribution in [0.3, 0.4) is 0 Å². The number of fused-ring (bicyclic) bond motifs is 1. The van der Waals surface area contributed by atoms with Crippen LogP contribution >= 0.6 is 0 Å². The first-order chi connectivity index (χ1) is 9.19. The SMILES string of the molecule is CCCNc1nc2cc(OC)c(OC)cc2c(=O)o1. The van der Waals surface area contributed by atoms with E-state index in [2.05, 4.69) is 10.3 Å². The monoisotopic (exact) mass is 264 g/mol. The Kier molecular flexibility index (Phi) is 3.89. The molecule has 1 heterocycles. The molecule has 2 rings (SSSR count). The number of ether oxygens (including phenoxy) is 2. The first kappa shape index (κ1) is 13.2. The fourth-order valence-electron chi connectivity index (χ4n) is 1.71. The molecule has 0 saturated carbocycles. The minimum Gasteiger partial charge on any atom is -0.493 e. The highest BCUT2D eigenvalue weighted by molar-refractivity contribution is 5.82. The van der Waals surface area contributed by atoms with E-state index in [1.807, 2.05) is 6.92 Å². The normalized spacial score (nSPS) is 10.5. The van der Waals surface area contributed by atoms with Gasteiger partial charge in [-0.25, -0.2) is 4.79 Å². The molecule has 0 radical (unpaired) electrons. The number of anilines is 1. The number of methoxy groups -OCH3 is 2. The van der Waals surface area contributed by atoms with Crippen molar-refractivity contribution < 1.29 is 13.9 Å². The number of aromatic nitrogens is 1. The third-order valence-corrected chi connectivity index (χ3v) is 2.66. The second kappa shape index (κ2) is 5.60. The van der Waals surface area contributed by atoms with Gasteiger partial charge in [0.25, 0.3) is 6.01 Å². The molecule has 0 atom stereocenters. The molecule has 1 N–H and O–H groups in total. The Morgan fingerprint density at radius 1 is 1.26 bits per heavy atom. The standard InChI is InChI=1S/C13H16N2O4/c1-4-5-14-13-15-9-7-11(18-3)10(17-2)6-8(9)12(16)19-13/h6-7H,4-5H2,1-3H3,(H,14,15). The smallest absolute Gasteiger partial charge is 0.348 e. The van der Waals surface area contributed by atoms with E-state index in [9.17, 15) is 4.79 Å². The summed E-state index contributed by atoms with van der Waals surface area (Å²) in [4.78, 5) is 16.1. The van der Waals surface area contributed by atoms with E-state index in [-0.39, 0.29) is 6.01 Å².